The van der Waals surface area contributed by atoms with Crippen LogP contribution in [-0.2, 0) is 14.8 Å². The standard InChI is InChI=1S/C8H14N2O4S/c1-5(2)7(8(11)12)10-15(13,14)6(3)4-9/h5-7,10H,1-3H3,(H,11,12). The van der Waals surface area contributed by atoms with Crippen LogP contribution in [0, 0.1) is 17.2 Å². The number of aliphatic carboxylic acids is 1. The highest BCUT2D eigenvalue weighted by molar-refractivity contribution is 7.90. The smallest absolute Gasteiger partial charge is 0.321 e. The van der Waals surface area contributed by atoms with E-state index in [0.29, 0.717) is 0 Å². The number of carboxylic acid groups (broad SMARTS) is 1. The van der Waals surface area contributed by atoms with Crippen LogP contribution in [0.2, 0.25) is 0 Å². The summed E-state index contributed by atoms with van der Waals surface area (Å²) in [4.78, 5) is 10.7. The number of nitrogens with zero attached hydrogens (tertiary/aromatic N) is 1. The molecule has 0 aliphatic carbocycles. The average molecular weight is 234 g/mol. The predicted molar refractivity (Wildman–Crippen MR) is 53.4 cm³/mol. The molecule has 0 saturated heterocycles. The number of nitrogens with one attached hydrogen (secondary N) is 1. The fourth-order valence-electron chi connectivity index (χ4n) is 0.820. The highest BCUT2D eigenvalue weighted by atomic mass is 32.2. The van der Waals surface area contributed by atoms with Crippen LogP contribution in [-0.4, -0.2) is 30.8 Å². The molecular formula is C8H14N2O4S. The minimum absolute atomic E-state index is 0.386. The molecule has 0 bridgehead atoms. The van der Waals surface area contributed by atoms with Gasteiger partial charge in [0.25, 0.3) is 0 Å². The van der Waals surface area contributed by atoms with E-state index in [1.807, 2.05) is 4.72 Å². The van der Waals surface area contributed by atoms with Crippen molar-refractivity contribution in [1.29, 1.82) is 5.26 Å². The van der Waals surface area contributed by atoms with Gasteiger partial charge in [0.1, 0.15) is 6.04 Å². The lowest BCUT2D eigenvalue weighted by atomic mass is 10.1. The molecule has 0 aromatic rings. The molecule has 0 rings (SSSR count). The first-order valence-electron chi connectivity index (χ1n) is 4.36. The van der Waals surface area contributed by atoms with Crippen LogP contribution in [0.3, 0.4) is 0 Å². The number of hydrogen-bond acceptors (Lipinski definition) is 4. The lowest BCUT2D eigenvalue weighted by Gasteiger charge is -2.18. The Hall–Kier alpha value is -1.13. The molecular weight excluding hydrogens is 220 g/mol. The number of carboxylic acids is 1. The van der Waals surface area contributed by atoms with E-state index in [-0.39, 0.29) is 5.92 Å². The van der Waals surface area contributed by atoms with Gasteiger partial charge in [0.05, 0.1) is 6.07 Å². The number of sulfonamides is 1. The van der Waals surface area contributed by atoms with Crippen molar-refractivity contribution in [2.75, 3.05) is 0 Å². The molecule has 0 radical (unpaired) electrons. The highest BCUT2D eigenvalue weighted by Gasteiger charge is 2.30. The molecule has 0 fully saturated rings. The van der Waals surface area contributed by atoms with Crippen molar-refractivity contribution in [3.8, 4) is 6.07 Å². The van der Waals surface area contributed by atoms with Crippen LogP contribution in [0.25, 0.3) is 0 Å². The van der Waals surface area contributed by atoms with Gasteiger partial charge in [-0.05, 0) is 12.8 Å². The Labute approximate surface area is 89.0 Å². The first-order valence-corrected chi connectivity index (χ1v) is 5.90. The van der Waals surface area contributed by atoms with Crippen LogP contribution in [0.5, 0.6) is 0 Å². The van der Waals surface area contributed by atoms with E-state index in [2.05, 4.69) is 0 Å². The predicted octanol–water partition coefficient (Wildman–Crippen LogP) is -0.0729. The topological polar surface area (TPSA) is 107 Å². The van der Waals surface area contributed by atoms with Crippen molar-refractivity contribution in [2.45, 2.75) is 32.1 Å². The van der Waals surface area contributed by atoms with E-state index >= 15 is 0 Å². The number of nitriles is 1. The third-order valence-corrected chi connectivity index (χ3v) is 3.49. The summed E-state index contributed by atoms with van der Waals surface area (Å²) in [5, 5.41) is 15.9. The van der Waals surface area contributed by atoms with E-state index in [1.165, 1.54) is 6.92 Å². The van der Waals surface area contributed by atoms with E-state index in [0.717, 1.165) is 0 Å². The molecule has 0 aliphatic rings. The van der Waals surface area contributed by atoms with Crippen LogP contribution < -0.4 is 4.72 Å². The summed E-state index contributed by atoms with van der Waals surface area (Å²) >= 11 is 0. The Morgan fingerprint density at radius 3 is 2.13 bits per heavy atom. The zero-order valence-electron chi connectivity index (χ0n) is 8.76. The van der Waals surface area contributed by atoms with E-state index < -0.39 is 27.3 Å². The monoisotopic (exact) mass is 234 g/mol. The maximum Gasteiger partial charge on any atom is 0.321 e. The summed E-state index contributed by atoms with van der Waals surface area (Å²) in [7, 11) is -3.89. The molecule has 0 aromatic carbocycles. The van der Waals surface area contributed by atoms with Gasteiger partial charge in [-0.25, -0.2) is 8.42 Å². The maximum atomic E-state index is 11.4. The van der Waals surface area contributed by atoms with Gasteiger partial charge < -0.3 is 5.11 Å². The Balaban J connectivity index is 4.86. The Kier molecular flexibility index (Phi) is 4.71. The third kappa shape index (κ3) is 3.85. The lowest BCUT2D eigenvalue weighted by molar-refractivity contribution is -0.140. The average Bonchev–Trinajstić information content (AvgIpc) is 2.11. The second kappa shape index (κ2) is 5.09. The molecule has 7 heteroatoms. The fraction of sp³-hybridized carbons (Fsp3) is 0.750. The minimum Gasteiger partial charge on any atom is -0.480 e. The number of carbonyl (C=O) groups is 1. The van der Waals surface area contributed by atoms with Crippen molar-refractivity contribution < 1.29 is 18.3 Å². The van der Waals surface area contributed by atoms with Gasteiger partial charge in [-0.3, -0.25) is 4.79 Å². The molecule has 6 nitrogen and oxygen atoms in total. The summed E-state index contributed by atoms with van der Waals surface area (Å²) < 4.78 is 24.8. The van der Waals surface area contributed by atoms with Gasteiger partial charge in [-0.1, -0.05) is 13.8 Å². The Morgan fingerprint density at radius 2 is 1.87 bits per heavy atom. The summed E-state index contributed by atoms with van der Waals surface area (Å²) in [5.41, 5.74) is 0. The molecule has 2 unspecified atom stereocenters. The largest absolute Gasteiger partial charge is 0.480 e. The van der Waals surface area contributed by atoms with Gasteiger partial charge in [0.15, 0.2) is 5.25 Å². The van der Waals surface area contributed by atoms with Gasteiger partial charge in [-0.2, -0.15) is 9.98 Å². The molecule has 0 aliphatic heterocycles. The van der Waals surface area contributed by atoms with Crippen molar-refractivity contribution in [1.82, 2.24) is 4.72 Å². The molecule has 0 spiro atoms. The first kappa shape index (κ1) is 13.9. The van der Waals surface area contributed by atoms with Gasteiger partial charge in [0.2, 0.25) is 10.0 Å². The van der Waals surface area contributed by atoms with E-state index in [1.54, 1.807) is 19.9 Å². The minimum atomic E-state index is -3.89. The SMILES string of the molecule is CC(C)C(NS(=O)(=O)C(C)C#N)C(=O)O. The number of hydrogen-bond donors (Lipinski definition) is 2. The zero-order valence-corrected chi connectivity index (χ0v) is 9.58. The zero-order chi connectivity index (χ0) is 12.2. The van der Waals surface area contributed by atoms with Crippen LogP contribution >= 0.6 is 0 Å². The Bertz CT molecular complexity index is 369. The lowest BCUT2D eigenvalue weighted by Crippen LogP contribution is -2.46. The Morgan fingerprint density at radius 1 is 1.40 bits per heavy atom. The summed E-state index contributed by atoms with van der Waals surface area (Å²) in [6.45, 7) is 4.36. The van der Waals surface area contributed by atoms with Gasteiger partial charge in [-0.15, -0.1) is 0 Å². The van der Waals surface area contributed by atoms with Crippen molar-refractivity contribution in [2.24, 2.45) is 5.92 Å². The van der Waals surface area contributed by atoms with Crippen molar-refractivity contribution in [3.63, 3.8) is 0 Å². The van der Waals surface area contributed by atoms with E-state index in [9.17, 15) is 13.2 Å². The quantitative estimate of drug-likeness (QED) is 0.692. The number of rotatable bonds is 5. The fourth-order valence-corrected chi connectivity index (χ4v) is 1.89. The van der Waals surface area contributed by atoms with Crippen LogP contribution in [0.15, 0.2) is 0 Å². The summed E-state index contributed by atoms with van der Waals surface area (Å²) in [6, 6.07) is 0.342. The molecule has 86 valence electrons. The molecule has 2 atom stereocenters. The molecule has 2 N–H and O–H groups in total. The summed E-state index contributed by atoms with van der Waals surface area (Å²) in [6.07, 6.45) is 0. The normalized spacial score (nSPS) is 15.7. The molecule has 0 heterocycles. The van der Waals surface area contributed by atoms with E-state index in [4.69, 9.17) is 10.4 Å². The van der Waals surface area contributed by atoms with Crippen LogP contribution in [0.4, 0.5) is 0 Å². The van der Waals surface area contributed by atoms with Gasteiger partial charge >= 0.3 is 5.97 Å². The second-order valence-corrected chi connectivity index (χ2v) is 5.53. The summed E-state index contributed by atoms with van der Waals surface area (Å²) in [5.74, 6) is -1.64. The van der Waals surface area contributed by atoms with Gasteiger partial charge in [0, 0.05) is 0 Å². The second-order valence-electron chi connectivity index (χ2n) is 3.49. The maximum absolute atomic E-state index is 11.4. The first-order chi connectivity index (χ1) is 6.72. The highest BCUT2D eigenvalue weighted by Crippen LogP contribution is 2.06. The van der Waals surface area contributed by atoms with Crippen molar-refractivity contribution in [3.05, 3.63) is 0 Å². The molecule has 15 heavy (non-hydrogen) atoms. The van der Waals surface area contributed by atoms with Crippen molar-refractivity contribution >= 4 is 16.0 Å². The van der Waals surface area contributed by atoms with Crippen LogP contribution in [0.1, 0.15) is 20.8 Å². The molecule has 0 aromatic heterocycles. The third-order valence-electron chi connectivity index (χ3n) is 1.87. The molecule has 0 amide bonds. The molecule has 0 saturated carbocycles.